The zero-order valence-corrected chi connectivity index (χ0v) is 9.57. The summed E-state index contributed by atoms with van der Waals surface area (Å²) in [6, 6.07) is 5.39. The quantitative estimate of drug-likeness (QED) is 0.831. The summed E-state index contributed by atoms with van der Waals surface area (Å²) in [5, 5.41) is 9.01. The third-order valence-corrected chi connectivity index (χ3v) is 1.77. The lowest BCUT2D eigenvalue weighted by Crippen LogP contribution is -2.23. The maximum absolute atomic E-state index is 9.01. The van der Waals surface area contributed by atoms with Gasteiger partial charge < -0.3 is 14.6 Å². The van der Waals surface area contributed by atoms with E-state index in [9.17, 15) is 0 Å². The second kappa shape index (κ2) is 4.53. The fourth-order valence-corrected chi connectivity index (χ4v) is 1.26. The highest BCUT2D eigenvalue weighted by Gasteiger charge is 2.16. The molecular formula is C12H17O3. The van der Waals surface area contributed by atoms with Gasteiger partial charge in [-0.25, -0.2) is 0 Å². The van der Waals surface area contributed by atoms with Crippen LogP contribution in [0.5, 0.6) is 11.5 Å². The molecule has 0 heterocycles. The van der Waals surface area contributed by atoms with E-state index in [1.165, 1.54) is 0 Å². The minimum Gasteiger partial charge on any atom is -0.492 e. The Kier molecular flexibility index (Phi) is 3.58. The first-order chi connectivity index (χ1) is 6.98. The van der Waals surface area contributed by atoms with Gasteiger partial charge in [0.1, 0.15) is 12.2 Å². The molecule has 0 fully saturated rings. The van der Waals surface area contributed by atoms with Gasteiger partial charge in [-0.2, -0.15) is 0 Å². The number of ether oxygens (including phenoxy) is 2. The molecule has 0 atom stereocenters. The van der Waals surface area contributed by atoms with E-state index in [2.05, 4.69) is 0 Å². The normalized spacial score (nSPS) is 11.3. The molecule has 0 saturated heterocycles. The van der Waals surface area contributed by atoms with Crippen molar-refractivity contribution in [2.75, 3.05) is 7.11 Å². The topological polar surface area (TPSA) is 38.7 Å². The smallest absolute Gasteiger partial charge is 0.166 e. The van der Waals surface area contributed by atoms with Crippen molar-refractivity contribution in [3.8, 4) is 11.5 Å². The van der Waals surface area contributed by atoms with Crippen LogP contribution in [0.3, 0.4) is 0 Å². The molecule has 83 valence electrons. The van der Waals surface area contributed by atoms with E-state index in [-0.39, 0.29) is 5.60 Å². The van der Waals surface area contributed by atoms with Gasteiger partial charge in [-0.3, -0.25) is 0 Å². The maximum Gasteiger partial charge on any atom is 0.166 e. The lowest BCUT2D eigenvalue weighted by atomic mass is 10.1. The van der Waals surface area contributed by atoms with E-state index in [1.54, 1.807) is 13.2 Å². The summed E-state index contributed by atoms with van der Waals surface area (Å²) in [7, 11) is 1.55. The molecule has 1 rings (SSSR count). The summed E-state index contributed by atoms with van der Waals surface area (Å²) in [6.45, 7) is 6.89. The van der Waals surface area contributed by atoms with Gasteiger partial charge in [-0.05, 0) is 26.8 Å². The van der Waals surface area contributed by atoms with Gasteiger partial charge in [0.2, 0.25) is 0 Å². The molecule has 1 aromatic carbocycles. The lowest BCUT2D eigenvalue weighted by molar-refractivity contribution is 0.125. The SMILES string of the molecule is COc1c([CH]O)cccc1OC(C)(C)C. The Hall–Kier alpha value is -1.22. The highest BCUT2D eigenvalue weighted by molar-refractivity contribution is 5.49. The molecular weight excluding hydrogens is 192 g/mol. The van der Waals surface area contributed by atoms with Crippen LogP contribution >= 0.6 is 0 Å². The molecule has 15 heavy (non-hydrogen) atoms. The summed E-state index contributed by atoms with van der Waals surface area (Å²) < 4.78 is 10.9. The third kappa shape index (κ3) is 3.13. The van der Waals surface area contributed by atoms with Gasteiger partial charge in [0.15, 0.2) is 11.5 Å². The Morgan fingerprint density at radius 1 is 1.27 bits per heavy atom. The fourth-order valence-electron chi connectivity index (χ4n) is 1.26. The van der Waals surface area contributed by atoms with E-state index < -0.39 is 0 Å². The van der Waals surface area contributed by atoms with Crippen LogP contribution < -0.4 is 9.47 Å². The molecule has 0 aliphatic rings. The first kappa shape index (κ1) is 11.9. The monoisotopic (exact) mass is 209 g/mol. The number of hydrogen-bond donors (Lipinski definition) is 1. The van der Waals surface area contributed by atoms with E-state index >= 15 is 0 Å². The molecule has 0 aliphatic carbocycles. The Bertz CT molecular complexity index is 326. The minimum absolute atomic E-state index is 0.290. The van der Waals surface area contributed by atoms with E-state index in [0.717, 1.165) is 6.61 Å². The van der Waals surface area contributed by atoms with Crippen LogP contribution in [-0.4, -0.2) is 17.8 Å². The number of aliphatic hydroxyl groups is 1. The van der Waals surface area contributed by atoms with Crippen LogP contribution in [0.25, 0.3) is 0 Å². The van der Waals surface area contributed by atoms with Crippen LogP contribution in [-0.2, 0) is 0 Å². The molecule has 0 saturated carbocycles. The maximum atomic E-state index is 9.01. The standard InChI is InChI=1S/C12H17O3/c1-12(2,3)15-10-7-5-6-9(8-13)11(10)14-4/h5-8,13H,1-4H3. The molecule has 3 nitrogen and oxygen atoms in total. The van der Waals surface area contributed by atoms with Gasteiger partial charge in [-0.15, -0.1) is 0 Å². The van der Waals surface area contributed by atoms with Crippen molar-refractivity contribution < 1.29 is 14.6 Å². The van der Waals surface area contributed by atoms with E-state index in [0.29, 0.717) is 17.1 Å². The molecule has 1 N–H and O–H groups in total. The van der Waals surface area contributed by atoms with Gasteiger partial charge in [-0.1, -0.05) is 12.1 Å². The first-order valence-corrected chi connectivity index (χ1v) is 4.81. The van der Waals surface area contributed by atoms with Crippen molar-refractivity contribution >= 4 is 0 Å². The largest absolute Gasteiger partial charge is 0.492 e. The number of para-hydroxylation sites is 1. The minimum atomic E-state index is -0.290. The van der Waals surface area contributed by atoms with E-state index in [1.807, 2.05) is 32.9 Å². The Labute approximate surface area is 90.6 Å². The third-order valence-electron chi connectivity index (χ3n) is 1.77. The lowest BCUT2D eigenvalue weighted by Gasteiger charge is -2.23. The van der Waals surface area contributed by atoms with Crippen molar-refractivity contribution in [1.29, 1.82) is 0 Å². The van der Waals surface area contributed by atoms with Gasteiger partial charge in [0, 0.05) is 5.56 Å². The fraction of sp³-hybridized carbons (Fsp3) is 0.417. The molecule has 0 aromatic heterocycles. The first-order valence-electron chi connectivity index (χ1n) is 4.81. The Morgan fingerprint density at radius 2 is 1.93 bits per heavy atom. The van der Waals surface area contributed by atoms with Crippen molar-refractivity contribution in [1.82, 2.24) is 0 Å². The zero-order valence-electron chi connectivity index (χ0n) is 9.57. The number of methoxy groups -OCH3 is 1. The molecule has 0 amide bonds. The Balaban J connectivity index is 3.06. The van der Waals surface area contributed by atoms with Gasteiger partial charge >= 0.3 is 0 Å². The number of benzene rings is 1. The summed E-state index contributed by atoms with van der Waals surface area (Å²) >= 11 is 0. The summed E-state index contributed by atoms with van der Waals surface area (Å²) in [5.41, 5.74) is 0.320. The van der Waals surface area contributed by atoms with Crippen LogP contribution in [0.2, 0.25) is 0 Å². The van der Waals surface area contributed by atoms with Crippen LogP contribution in [0, 0.1) is 6.61 Å². The van der Waals surface area contributed by atoms with Crippen molar-refractivity contribution in [3.63, 3.8) is 0 Å². The van der Waals surface area contributed by atoms with Crippen molar-refractivity contribution in [2.45, 2.75) is 26.4 Å². The number of hydrogen-bond acceptors (Lipinski definition) is 3. The molecule has 1 aromatic rings. The van der Waals surface area contributed by atoms with Crippen LogP contribution in [0.4, 0.5) is 0 Å². The second-order valence-corrected chi connectivity index (χ2v) is 4.22. The number of rotatable bonds is 3. The molecule has 0 aliphatic heterocycles. The Morgan fingerprint density at radius 3 is 2.40 bits per heavy atom. The molecule has 0 spiro atoms. The predicted molar refractivity (Wildman–Crippen MR) is 58.7 cm³/mol. The van der Waals surface area contributed by atoms with Crippen LogP contribution in [0.15, 0.2) is 18.2 Å². The van der Waals surface area contributed by atoms with E-state index in [4.69, 9.17) is 14.6 Å². The highest BCUT2D eigenvalue weighted by atomic mass is 16.5. The average molecular weight is 209 g/mol. The van der Waals surface area contributed by atoms with Crippen LogP contribution in [0.1, 0.15) is 26.3 Å². The van der Waals surface area contributed by atoms with Gasteiger partial charge in [0.05, 0.1) is 7.11 Å². The summed E-state index contributed by atoms with van der Waals surface area (Å²) in [4.78, 5) is 0. The molecule has 0 bridgehead atoms. The average Bonchev–Trinajstić information content (AvgIpc) is 2.15. The number of aliphatic hydroxyl groups excluding tert-OH is 1. The summed E-state index contributed by atoms with van der Waals surface area (Å²) in [6.07, 6.45) is 0. The molecule has 0 unspecified atom stereocenters. The van der Waals surface area contributed by atoms with Crippen molar-refractivity contribution in [2.24, 2.45) is 0 Å². The van der Waals surface area contributed by atoms with Crippen molar-refractivity contribution in [3.05, 3.63) is 30.4 Å². The van der Waals surface area contributed by atoms with Gasteiger partial charge in [0.25, 0.3) is 0 Å². The summed E-state index contributed by atoms with van der Waals surface area (Å²) in [5.74, 6) is 1.18. The highest BCUT2D eigenvalue weighted by Crippen LogP contribution is 2.33. The second-order valence-electron chi connectivity index (χ2n) is 4.22. The molecule has 3 heteroatoms. The molecule has 1 radical (unpaired) electrons. The predicted octanol–water partition coefficient (Wildman–Crippen LogP) is 2.75. The zero-order chi connectivity index (χ0) is 11.5.